The molecular formula is C17H17NO6. The Bertz CT molecular complexity index is 614. The zero-order valence-corrected chi connectivity index (χ0v) is 13.3. The molecule has 0 aliphatic carbocycles. The van der Waals surface area contributed by atoms with Gasteiger partial charge in [0.25, 0.3) is 0 Å². The summed E-state index contributed by atoms with van der Waals surface area (Å²) in [6.07, 6.45) is 4.39. The van der Waals surface area contributed by atoms with E-state index in [-0.39, 0.29) is 12.2 Å². The SMILES string of the molecule is COC(=O)/C=C/C(=O)Cc1ccc(NC(=O)/C=C/C(=O)OC)cc1. The number of anilines is 1. The third-order valence-corrected chi connectivity index (χ3v) is 2.78. The molecule has 1 rings (SSSR count). The fraction of sp³-hybridized carbons (Fsp3) is 0.176. The molecule has 0 saturated carbocycles. The van der Waals surface area contributed by atoms with Crippen molar-refractivity contribution < 1.29 is 28.7 Å². The number of ether oxygens (including phenoxy) is 2. The van der Waals surface area contributed by atoms with Gasteiger partial charge in [0.1, 0.15) is 0 Å². The summed E-state index contributed by atoms with van der Waals surface area (Å²) >= 11 is 0. The summed E-state index contributed by atoms with van der Waals surface area (Å²) in [6.45, 7) is 0. The molecule has 7 heteroatoms. The minimum Gasteiger partial charge on any atom is -0.466 e. The first kappa shape index (κ1) is 18.8. The highest BCUT2D eigenvalue weighted by Gasteiger charge is 2.03. The molecule has 0 bridgehead atoms. The second kappa shape index (κ2) is 9.73. The monoisotopic (exact) mass is 331 g/mol. The van der Waals surface area contributed by atoms with Gasteiger partial charge in [0.2, 0.25) is 5.91 Å². The van der Waals surface area contributed by atoms with Gasteiger partial charge >= 0.3 is 11.9 Å². The number of carbonyl (C=O) groups excluding carboxylic acids is 4. The molecule has 126 valence electrons. The summed E-state index contributed by atoms with van der Waals surface area (Å²) in [6, 6.07) is 6.58. The second-order valence-electron chi connectivity index (χ2n) is 4.54. The van der Waals surface area contributed by atoms with Crippen LogP contribution in [0.3, 0.4) is 0 Å². The second-order valence-corrected chi connectivity index (χ2v) is 4.54. The molecule has 0 aromatic heterocycles. The van der Waals surface area contributed by atoms with E-state index in [2.05, 4.69) is 14.8 Å². The minimum atomic E-state index is -0.626. The molecule has 0 spiro atoms. The van der Waals surface area contributed by atoms with Crippen LogP contribution in [-0.4, -0.2) is 37.8 Å². The predicted molar refractivity (Wildman–Crippen MR) is 86.1 cm³/mol. The lowest BCUT2D eigenvalue weighted by molar-refractivity contribution is -0.135. The molecule has 0 atom stereocenters. The lowest BCUT2D eigenvalue weighted by atomic mass is 10.1. The molecule has 1 aromatic rings. The van der Waals surface area contributed by atoms with Crippen LogP contribution in [0.15, 0.2) is 48.6 Å². The number of carbonyl (C=O) groups is 4. The number of rotatable bonds is 7. The van der Waals surface area contributed by atoms with Gasteiger partial charge < -0.3 is 14.8 Å². The Hall–Kier alpha value is -3.22. The number of methoxy groups -OCH3 is 2. The van der Waals surface area contributed by atoms with Crippen molar-refractivity contribution in [2.45, 2.75) is 6.42 Å². The molecule has 0 radical (unpaired) electrons. The van der Waals surface area contributed by atoms with E-state index in [1.165, 1.54) is 14.2 Å². The van der Waals surface area contributed by atoms with E-state index in [1.807, 2.05) is 0 Å². The zero-order valence-electron chi connectivity index (χ0n) is 13.3. The number of esters is 2. The third-order valence-electron chi connectivity index (χ3n) is 2.78. The number of hydrogen-bond donors (Lipinski definition) is 1. The number of allylic oxidation sites excluding steroid dienone is 1. The molecule has 1 amide bonds. The van der Waals surface area contributed by atoms with E-state index in [4.69, 9.17) is 0 Å². The molecule has 7 nitrogen and oxygen atoms in total. The Kier molecular flexibility index (Phi) is 7.63. The average molecular weight is 331 g/mol. The van der Waals surface area contributed by atoms with Crippen LogP contribution >= 0.6 is 0 Å². The van der Waals surface area contributed by atoms with E-state index >= 15 is 0 Å². The van der Waals surface area contributed by atoms with Crippen LogP contribution < -0.4 is 5.32 Å². The summed E-state index contributed by atoms with van der Waals surface area (Å²) in [5.41, 5.74) is 1.23. The van der Waals surface area contributed by atoms with E-state index in [0.717, 1.165) is 29.9 Å². The number of hydrogen-bond acceptors (Lipinski definition) is 6. The van der Waals surface area contributed by atoms with Crippen molar-refractivity contribution in [2.24, 2.45) is 0 Å². The number of nitrogens with one attached hydrogen (secondary N) is 1. The average Bonchev–Trinajstić information content (AvgIpc) is 2.59. The van der Waals surface area contributed by atoms with Gasteiger partial charge in [-0.1, -0.05) is 12.1 Å². The van der Waals surface area contributed by atoms with Crippen molar-refractivity contribution in [3.8, 4) is 0 Å². The van der Waals surface area contributed by atoms with Gasteiger partial charge in [0.05, 0.1) is 14.2 Å². The summed E-state index contributed by atoms with van der Waals surface area (Å²) in [5.74, 6) is -1.95. The molecule has 1 aromatic carbocycles. The molecular weight excluding hydrogens is 314 g/mol. The van der Waals surface area contributed by atoms with Crippen LogP contribution in [0, 0.1) is 0 Å². The zero-order chi connectivity index (χ0) is 17.9. The normalized spacial score (nSPS) is 10.6. The Balaban J connectivity index is 2.57. The Labute approximate surface area is 138 Å². The smallest absolute Gasteiger partial charge is 0.330 e. The quantitative estimate of drug-likeness (QED) is 0.595. The third kappa shape index (κ3) is 7.17. The fourth-order valence-corrected chi connectivity index (χ4v) is 1.59. The van der Waals surface area contributed by atoms with Gasteiger partial charge in [0.15, 0.2) is 5.78 Å². The van der Waals surface area contributed by atoms with Crippen molar-refractivity contribution in [1.29, 1.82) is 0 Å². The Morgan fingerprint density at radius 3 is 1.96 bits per heavy atom. The number of amides is 1. The molecule has 0 aliphatic rings. The van der Waals surface area contributed by atoms with E-state index < -0.39 is 17.8 Å². The van der Waals surface area contributed by atoms with E-state index in [9.17, 15) is 19.2 Å². The topological polar surface area (TPSA) is 98.8 Å². The Morgan fingerprint density at radius 1 is 0.875 bits per heavy atom. The van der Waals surface area contributed by atoms with Crippen LogP contribution in [0.5, 0.6) is 0 Å². The van der Waals surface area contributed by atoms with Gasteiger partial charge in [-0.2, -0.15) is 0 Å². The van der Waals surface area contributed by atoms with Crippen LogP contribution in [0.4, 0.5) is 5.69 Å². The summed E-state index contributed by atoms with van der Waals surface area (Å²) in [4.78, 5) is 45.0. The first-order valence-electron chi connectivity index (χ1n) is 6.89. The standard InChI is InChI=1S/C17H17NO6/c1-23-16(21)9-7-14(19)11-12-3-5-13(6-4-12)18-15(20)8-10-17(22)24-2/h3-10H,11H2,1-2H3,(H,18,20)/b9-7+,10-8+. The molecule has 0 heterocycles. The van der Waals surface area contributed by atoms with E-state index in [1.54, 1.807) is 24.3 Å². The van der Waals surface area contributed by atoms with Crippen molar-refractivity contribution >= 4 is 29.3 Å². The maximum atomic E-state index is 11.7. The molecule has 0 saturated heterocycles. The highest BCUT2D eigenvalue weighted by atomic mass is 16.5. The van der Waals surface area contributed by atoms with Gasteiger partial charge in [-0.3, -0.25) is 9.59 Å². The van der Waals surface area contributed by atoms with Crippen molar-refractivity contribution in [3.05, 3.63) is 54.1 Å². The van der Waals surface area contributed by atoms with Crippen LogP contribution in [0.1, 0.15) is 5.56 Å². The molecule has 1 N–H and O–H groups in total. The molecule has 24 heavy (non-hydrogen) atoms. The van der Waals surface area contributed by atoms with Gasteiger partial charge in [-0.25, -0.2) is 9.59 Å². The summed E-state index contributed by atoms with van der Waals surface area (Å²) < 4.78 is 8.77. The van der Waals surface area contributed by atoms with Crippen molar-refractivity contribution in [1.82, 2.24) is 0 Å². The fourth-order valence-electron chi connectivity index (χ4n) is 1.59. The maximum Gasteiger partial charge on any atom is 0.330 e. The first-order chi connectivity index (χ1) is 11.4. The minimum absolute atomic E-state index is 0.115. The van der Waals surface area contributed by atoms with Crippen molar-refractivity contribution in [3.63, 3.8) is 0 Å². The first-order valence-corrected chi connectivity index (χ1v) is 6.89. The lowest BCUT2D eigenvalue weighted by Gasteiger charge is -2.03. The van der Waals surface area contributed by atoms with Gasteiger partial charge in [-0.15, -0.1) is 0 Å². The Morgan fingerprint density at radius 2 is 1.42 bits per heavy atom. The molecule has 0 unspecified atom stereocenters. The summed E-state index contributed by atoms with van der Waals surface area (Å²) in [7, 11) is 2.44. The highest BCUT2D eigenvalue weighted by molar-refractivity contribution is 6.02. The largest absolute Gasteiger partial charge is 0.466 e. The van der Waals surface area contributed by atoms with Crippen LogP contribution in [0.2, 0.25) is 0 Å². The van der Waals surface area contributed by atoms with Crippen molar-refractivity contribution in [2.75, 3.05) is 19.5 Å². The maximum absolute atomic E-state index is 11.7. The van der Waals surface area contributed by atoms with Gasteiger partial charge in [-0.05, 0) is 23.8 Å². The highest BCUT2D eigenvalue weighted by Crippen LogP contribution is 2.10. The summed E-state index contributed by atoms with van der Waals surface area (Å²) in [5, 5.41) is 2.56. The van der Waals surface area contributed by atoms with Crippen LogP contribution in [-0.2, 0) is 35.1 Å². The lowest BCUT2D eigenvalue weighted by Crippen LogP contribution is -2.09. The predicted octanol–water partition coefficient (Wildman–Crippen LogP) is 1.20. The van der Waals surface area contributed by atoms with Gasteiger partial charge in [0, 0.05) is 30.3 Å². The number of benzene rings is 1. The molecule has 0 fully saturated rings. The number of ketones is 1. The van der Waals surface area contributed by atoms with Crippen LogP contribution in [0.25, 0.3) is 0 Å². The van der Waals surface area contributed by atoms with E-state index in [0.29, 0.717) is 5.69 Å². The molecule has 0 aliphatic heterocycles.